The molecule has 1 nitrogen and oxygen atoms in total. The van der Waals surface area contributed by atoms with Gasteiger partial charge in [-0.2, -0.15) is 0 Å². The Hall–Kier alpha value is -0.0400. The van der Waals surface area contributed by atoms with Crippen LogP contribution < -0.4 is 5.32 Å². The third-order valence-electron chi connectivity index (χ3n) is 7.36. The predicted octanol–water partition coefficient (Wildman–Crippen LogP) is 5.30. The molecule has 5 rings (SSSR count). The molecule has 0 radical (unpaired) electrons. The highest BCUT2D eigenvalue weighted by molar-refractivity contribution is 5.11. The molecule has 21 heavy (non-hydrogen) atoms. The fraction of sp³-hybridized carbons (Fsp3) is 1.00. The molecule has 0 aromatic heterocycles. The smallest absolute Gasteiger partial charge is 0.00672 e. The predicted molar refractivity (Wildman–Crippen MR) is 89.3 cm³/mol. The minimum atomic E-state index is 0.662. The summed E-state index contributed by atoms with van der Waals surface area (Å²) >= 11 is 0. The number of hydrogen-bond donors (Lipinski definition) is 1. The monoisotopic (exact) mass is 289 g/mol. The van der Waals surface area contributed by atoms with Crippen molar-refractivity contribution in [2.75, 3.05) is 6.54 Å². The van der Waals surface area contributed by atoms with E-state index in [1.54, 1.807) is 0 Å². The average molecular weight is 290 g/mol. The van der Waals surface area contributed by atoms with Gasteiger partial charge in [-0.1, -0.05) is 39.5 Å². The maximum atomic E-state index is 4.05. The van der Waals surface area contributed by atoms with Crippen LogP contribution in [0.25, 0.3) is 0 Å². The van der Waals surface area contributed by atoms with E-state index >= 15 is 0 Å². The summed E-state index contributed by atoms with van der Waals surface area (Å²) in [6.07, 6.45) is 17.9. The van der Waals surface area contributed by atoms with E-state index in [-0.39, 0.29) is 0 Å². The van der Waals surface area contributed by atoms with Crippen LogP contribution in [0.15, 0.2) is 0 Å². The molecule has 0 saturated heterocycles. The zero-order valence-corrected chi connectivity index (χ0v) is 14.3. The van der Waals surface area contributed by atoms with E-state index in [0.29, 0.717) is 16.2 Å². The molecular formula is C20H35N. The Morgan fingerprint density at radius 1 is 0.810 bits per heavy atom. The van der Waals surface area contributed by atoms with E-state index in [9.17, 15) is 0 Å². The Kier molecular flexibility index (Phi) is 3.45. The van der Waals surface area contributed by atoms with Crippen LogP contribution in [0, 0.1) is 22.2 Å². The van der Waals surface area contributed by atoms with Gasteiger partial charge in [0.15, 0.2) is 0 Å². The highest BCUT2D eigenvalue weighted by Crippen LogP contribution is 2.69. The second-order valence-corrected chi connectivity index (χ2v) is 10.2. The van der Waals surface area contributed by atoms with Crippen molar-refractivity contribution in [2.24, 2.45) is 22.2 Å². The van der Waals surface area contributed by atoms with Crippen LogP contribution in [0.5, 0.6) is 0 Å². The van der Waals surface area contributed by atoms with Gasteiger partial charge in [-0.05, 0) is 73.5 Å². The molecule has 2 unspecified atom stereocenters. The number of hydrogen-bond acceptors (Lipinski definition) is 1. The summed E-state index contributed by atoms with van der Waals surface area (Å²) in [7, 11) is 0. The van der Waals surface area contributed by atoms with Gasteiger partial charge in [0.05, 0.1) is 0 Å². The minimum Gasteiger partial charge on any atom is -0.313 e. The number of nitrogens with one attached hydrogen (secondary N) is 1. The molecule has 5 aliphatic carbocycles. The SMILES string of the molecule is CC12CC3CC(C)(C1)CC(CNC1CCCCCC1)(C3)C2. The van der Waals surface area contributed by atoms with Crippen molar-refractivity contribution in [2.45, 2.75) is 96.9 Å². The summed E-state index contributed by atoms with van der Waals surface area (Å²) in [5.74, 6) is 1.05. The quantitative estimate of drug-likeness (QED) is 0.696. The largest absolute Gasteiger partial charge is 0.313 e. The van der Waals surface area contributed by atoms with Crippen molar-refractivity contribution in [3.05, 3.63) is 0 Å². The number of rotatable bonds is 3. The first-order valence-electron chi connectivity index (χ1n) is 9.72. The molecular weight excluding hydrogens is 254 g/mol. The average Bonchev–Trinajstić information content (AvgIpc) is 2.60. The molecule has 0 aromatic carbocycles. The van der Waals surface area contributed by atoms with Crippen LogP contribution >= 0.6 is 0 Å². The van der Waals surface area contributed by atoms with Gasteiger partial charge < -0.3 is 5.32 Å². The summed E-state index contributed by atoms with van der Waals surface area (Å²) in [5.41, 5.74) is 2.02. The van der Waals surface area contributed by atoms with Crippen LogP contribution in [0.4, 0.5) is 0 Å². The molecule has 1 heteroatoms. The second kappa shape index (κ2) is 4.98. The first-order valence-corrected chi connectivity index (χ1v) is 9.72. The lowest BCUT2D eigenvalue weighted by Crippen LogP contribution is -2.58. The zero-order valence-electron chi connectivity index (χ0n) is 14.3. The van der Waals surface area contributed by atoms with E-state index in [2.05, 4.69) is 19.2 Å². The van der Waals surface area contributed by atoms with E-state index in [1.165, 1.54) is 83.6 Å². The Labute approximate surface area is 131 Å². The van der Waals surface area contributed by atoms with E-state index in [4.69, 9.17) is 0 Å². The maximum Gasteiger partial charge on any atom is 0.00672 e. The van der Waals surface area contributed by atoms with Gasteiger partial charge in [-0.3, -0.25) is 0 Å². The molecule has 0 heterocycles. The molecule has 4 bridgehead atoms. The first-order chi connectivity index (χ1) is 9.99. The Morgan fingerprint density at radius 3 is 2.00 bits per heavy atom. The topological polar surface area (TPSA) is 12.0 Å². The molecule has 0 aromatic rings. The van der Waals surface area contributed by atoms with Gasteiger partial charge in [0, 0.05) is 12.6 Å². The summed E-state index contributed by atoms with van der Waals surface area (Å²) in [4.78, 5) is 0. The lowest BCUT2D eigenvalue weighted by molar-refractivity contribution is -0.143. The molecule has 2 atom stereocenters. The van der Waals surface area contributed by atoms with Gasteiger partial charge in [0.1, 0.15) is 0 Å². The van der Waals surface area contributed by atoms with Gasteiger partial charge in [0.25, 0.3) is 0 Å². The van der Waals surface area contributed by atoms with Crippen LogP contribution in [-0.2, 0) is 0 Å². The zero-order chi connectivity index (χ0) is 14.6. The minimum absolute atomic E-state index is 0.662. The fourth-order valence-electron chi connectivity index (χ4n) is 7.73. The fourth-order valence-corrected chi connectivity index (χ4v) is 7.73. The summed E-state index contributed by atoms with van der Waals surface area (Å²) < 4.78 is 0. The summed E-state index contributed by atoms with van der Waals surface area (Å²) in [5, 5.41) is 4.05. The van der Waals surface area contributed by atoms with Crippen molar-refractivity contribution in [3.8, 4) is 0 Å². The van der Waals surface area contributed by atoms with Gasteiger partial charge in [-0.15, -0.1) is 0 Å². The van der Waals surface area contributed by atoms with Crippen molar-refractivity contribution in [1.29, 1.82) is 0 Å². The van der Waals surface area contributed by atoms with Gasteiger partial charge in [-0.25, -0.2) is 0 Å². The maximum absolute atomic E-state index is 4.05. The van der Waals surface area contributed by atoms with Crippen molar-refractivity contribution < 1.29 is 0 Å². The summed E-state index contributed by atoms with van der Waals surface area (Å²) in [6.45, 7) is 6.55. The third-order valence-corrected chi connectivity index (χ3v) is 7.36. The highest BCUT2D eigenvalue weighted by Gasteiger charge is 2.59. The van der Waals surface area contributed by atoms with Crippen LogP contribution in [0.3, 0.4) is 0 Å². The molecule has 5 aliphatic rings. The lowest BCUT2D eigenvalue weighted by atomic mass is 9.40. The molecule has 5 saturated carbocycles. The Balaban J connectivity index is 1.44. The van der Waals surface area contributed by atoms with E-state index in [1.807, 2.05) is 0 Å². The second-order valence-electron chi connectivity index (χ2n) is 10.2. The van der Waals surface area contributed by atoms with Crippen LogP contribution in [0.1, 0.15) is 90.9 Å². The highest BCUT2D eigenvalue weighted by atomic mass is 14.9. The van der Waals surface area contributed by atoms with Crippen LogP contribution in [0.2, 0.25) is 0 Å². The van der Waals surface area contributed by atoms with Crippen molar-refractivity contribution in [3.63, 3.8) is 0 Å². The van der Waals surface area contributed by atoms with Gasteiger partial charge >= 0.3 is 0 Å². The Morgan fingerprint density at radius 2 is 1.43 bits per heavy atom. The van der Waals surface area contributed by atoms with E-state index < -0.39 is 0 Å². The van der Waals surface area contributed by atoms with Gasteiger partial charge in [0.2, 0.25) is 0 Å². The summed E-state index contributed by atoms with van der Waals surface area (Å²) in [6, 6.07) is 0.834. The van der Waals surface area contributed by atoms with E-state index in [0.717, 1.165) is 12.0 Å². The molecule has 5 fully saturated rings. The van der Waals surface area contributed by atoms with Crippen LogP contribution in [-0.4, -0.2) is 12.6 Å². The van der Waals surface area contributed by atoms with Crippen molar-refractivity contribution >= 4 is 0 Å². The lowest BCUT2D eigenvalue weighted by Gasteiger charge is -2.65. The van der Waals surface area contributed by atoms with Crippen molar-refractivity contribution in [1.82, 2.24) is 5.32 Å². The Bertz CT molecular complexity index is 375. The molecule has 0 spiro atoms. The first kappa shape index (κ1) is 14.5. The third kappa shape index (κ3) is 2.80. The molecule has 0 aliphatic heterocycles. The normalized spacial score (nSPS) is 50.3. The molecule has 0 amide bonds. The molecule has 1 N–H and O–H groups in total. The standard InChI is InChI=1S/C20H35N/c1-18-9-16-10-19(2,12-18)14-20(11-16,13-18)15-21-17-7-5-3-4-6-8-17/h16-17,21H,3-15H2,1-2H3. The molecule has 120 valence electrons.